The third-order valence-corrected chi connectivity index (χ3v) is 4.84. The highest BCUT2D eigenvalue weighted by molar-refractivity contribution is 5.88. The predicted molar refractivity (Wildman–Crippen MR) is 113 cm³/mol. The standard InChI is InChI=1S/C22H22N2O.CH2O2/c1-15-6-7-16-8-9-18(11-19(16)10-15)17-4-3-5-20(12-17)22(2)14-25-13-21(23)24-22;2-1-3/h3-12H,13-14H2,1-2H3,(H2,23,24);1H,(H,2,3). The second kappa shape index (κ2) is 8.23. The highest BCUT2D eigenvalue weighted by Crippen LogP contribution is 2.32. The molecule has 0 aromatic heterocycles. The maximum Gasteiger partial charge on any atom is 0.290 e. The van der Waals surface area contributed by atoms with Gasteiger partial charge in [0.25, 0.3) is 6.47 Å². The summed E-state index contributed by atoms with van der Waals surface area (Å²) in [6, 6.07) is 21.7. The lowest BCUT2D eigenvalue weighted by atomic mass is 9.90. The Labute approximate surface area is 164 Å². The van der Waals surface area contributed by atoms with Crippen molar-refractivity contribution in [2.45, 2.75) is 19.4 Å². The maximum absolute atomic E-state index is 8.36. The molecule has 0 bridgehead atoms. The molecule has 0 amide bonds. The molecule has 1 aliphatic heterocycles. The van der Waals surface area contributed by atoms with Gasteiger partial charge in [0.05, 0.1) is 6.61 Å². The lowest BCUT2D eigenvalue weighted by molar-refractivity contribution is -0.122. The van der Waals surface area contributed by atoms with E-state index in [2.05, 4.69) is 79.5 Å². The number of carbonyl (C=O) groups is 1. The molecule has 0 aliphatic carbocycles. The normalized spacial score (nSPS) is 18.7. The number of amidine groups is 1. The van der Waals surface area contributed by atoms with E-state index in [1.54, 1.807) is 0 Å². The number of aliphatic imine (C=N–C) groups is 1. The van der Waals surface area contributed by atoms with Gasteiger partial charge >= 0.3 is 0 Å². The van der Waals surface area contributed by atoms with E-state index < -0.39 is 5.54 Å². The molecule has 3 aromatic rings. The monoisotopic (exact) mass is 376 g/mol. The number of carboxylic acid groups (broad SMARTS) is 1. The third-order valence-electron chi connectivity index (χ3n) is 4.84. The van der Waals surface area contributed by atoms with Gasteiger partial charge in [0, 0.05) is 0 Å². The molecule has 0 saturated carbocycles. The fourth-order valence-electron chi connectivity index (χ4n) is 3.46. The van der Waals surface area contributed by atoms with Crippen LogP contribution in [0.4, 0.5) is 0 Å². The fraction of sp³-hybridized carbons (Fsp3) is 0.217. The lowest BCUT2D eigenvalue weighted by Crippen LogP contribution is -2.37. The molecule has 1 unspecified atom stereocenters. The molecule has 5 heteroatoms. The van der Waals surface area contributed by atoms with E-state index in [0.29, 0.717) is 19.0 Å². The van der Waals surface area contributed by atoms with Gasteiger partial charge in [-0.1, -0.05) is 54.1 Å². The zero-order valence-electron chi connectivity index (χ0n) is 16.1. The lowest BCUT2D eigenvalue weighted by Gasteiger charge is -2.30. The van der Waals surface area contributed by atoms with Crippen molar-refractivity contribution in [2.24, 2.45) is 10.7 Å². The second-order valence-electron chi connectivity index (χ2n) is 7.12. The Morgan fingerprint density at radius 1 is 1.07 bits per heavy atom. The van der Waals surface area contributed by atoms with Crippen molar-refractivity contribution in [1.29, 1.82) is 0 Å². The van der Waals surface area contributed by atoms with Crippen molar-refractivity contribution >= 4 is 23.1 Å². The molecule has 5 nitrogen and oxygen atoms in total. The zero-order chi connectivity index (χ0) is 20.1. The fourth-order valence-corrected chi connectivity index (χ4v) is 3.46. The quantitative estimate of drug-likeness (QED) is 0.659. The van der Waals surface area contributed by atoms with Crippen LogP contribution in [0.15, 0.2) is 65.7 Å². The van der Waals surface area contributed by atoms with E-state index in [4.69, 9.17) is 20.4 Å². The Kier molecular flexibility index (Phi) is 5.76. The van der Waals surface area contributed by atoms with E-state index in [1.165, 1.54) is 27.5 Å². The van der Waals surface area contributed by atoms with E-state index in [1.807, 2.05) is 0 Å². The van der Waals surface area contributed by atoms with Gasteiger partial charge in [-0.05, 0) is 53.4 Å². The van der Waals surface area contributed by atoms with E-state index in [-0.39, 0.29) is 6.47 Å². The SMILES string of the molecule is Cc1ccc2ccc(-c3cccc(C4(C)COCC(N)=N4)c3)cc2c1.O=CO. The van der Waals surface area contributed by atoms with Crippen LogP contribution in [0.5, 0.6) is 0 Å². The van der Waals surface area contributed by atoms with Gasteiger partial charge in [-0.15, -0.1) is 0 Å². The van der Waals surface area contributed by atoms with Crippen molar-refractivity contribution in [1.82, 2.24) is 0 Å². The first-order chi connectivity index (χ1) is 13.4. The molecule has 0 radical (unpaired) electrons. The van der Waals surface area contributed by atoms with Crippen LogP contribution in [0.25, 0.3) is 21.9 Å². The van der Waals surface area contributed by atoms with Gasteiger partial charge in [0.1, 0.15) is 18.0 Å². The van der Waals surface area contributed by atoms with E-state index >= 15 is 0 Å². The summed E-state index contributed by atoms with van der Waals surface area (Å²) < 4.78 is 5.61. The number of fused-ring (bicyclic) bond motifs is 1. The van der Waals surface area contributed by atoms with Gasteiger partial charge in [0.15, 0.2) is 0 Å². The van der Waals surface area contributed by atoms with Crippen LogP contribution < -0.4 is 5.73 Å². The summed E-state index contributed by atoms with van der Waals surface area (Å²) in [6.07, 6.45) is 0. The molecular formula is C23H24N2O3. The molecule has 3 N–H and O–H groups in total. The van der Waals surface area contributed by atoms with Gasteiger partial charge in [0.2, 0.25) is 0 Å². The van der Waals surface area contributed by atoms with Crippen LogP contribution in [-0.2, 0) is 15.1 Å². The van der Waals surface area contributed by atoms with Gasteiger partial charge in [-0.2, -0.15) is 0 Å². The molecule has 1 heterocycles. The number of benzene rings is 3. The van der Waals surface area contributed by atoms with Crippen LogP contribution in [-0.4, -0.2) is 30.6 Å². The molecule has 4 rings (SSSR count). The van der Waals surface area contributed by atoms with Crippen molar-refractivity contribution in [3.8, 4) is 11.1 Å². The van der Waals surface area contributed by atoms with Crippen LogP contribution >= 0.6 is 0 Å². The summed E-state index contributed by atoms with van der Waals surface area (Å²) >= 11 is 0. The number of rotatable bonds is 2. The second-order valence-corrected chi connectivity index (χ2v) is 7.12. The van der Waals surface area contributed by atoms with Crippen LogP contribution in [0, 0.1) is 6.92 Å². The molecule has 0 fully saturated rings. The predicted octanol–water partition coefficient (Wildman–Crippen LogP) is 4.12. The largest absolute Gasteiger partial charge is 0.483 e. The topological polar surface area (TPSA) is 84.9 Å². The number of hydrogen-bond donors (Lipinski definition) is 2. The van der Waals surface area contributed by atoms with Crippen LogP contribution in [0.2, 0.25) is 0 Å². The van der Waals surface area contributed by atoms with E-state index in [0.717, 1.165) is 5.56 Å². The average molecular weight is 376 g/mol. The third kappa shape index (κ3) is 4.21. The van der Waals surface area contributed by atoms with Crippen LogP contribution in [0.3, 0.4) is 0 Å². The smallest absolute Gasteiger partial charge is 0.290 e. The molecule has 28 heavy (non-hydrogen) atoms. The molecule has 0 spiro atoms. The number of hydrogen-bond acceptors (Lipinski definition) is 4. The summed E-state index contributed by atoms with van der Waals surface area (Å²) in [7, 11) is 0. The molecule has 0 saturated heterocycles. The minimum Gasteiger partial charge on any atom is -0.483 e. The molecule has 3 aromatic carbocycles. The Bertz CT molecular complexity index is 1030. The van der Waals surface area contributed by atoms with Crippen molar-refractivity contribution in [3.63, 3.8) is 0 Å². The minimum absolute atomic E-state index is 0.250. The molecule has 1 aliphatic rings. The first-order valence-electron chi connectivity index (χ1n) is 9.06. The number of nitrogens with two attached hydrogens (primary N) is 1. The van der Waals surface area contributed by atoms with Crippen molar-refractivity contribution < 1.29 is 14.6 Å². The zero-order valence-corrected chi connectivity index (χ0v) is 16.1. The summed E-state index contributed by atoms with van der Waals surface area (Å²) in [5.41, 5.74) is 10.3. The summed E-state index contributed by atoms with van der Waals surface area (Å²) in [5.74, 6) is 0.556. The number of aryl methyl sites for hydroxylation is 1. The summed E-state index contributed by atoms with van der Waals surface area (Å²) in [4.78, 5) is 13.0. The first-order valence-corrected chi connectivity index (χ1v) is 9.06. The van der Waals surface area contributed by atoms with Gasteiger partial charge in [-0.25, -0.2) is 0 Å². The molecule has 1 atom stereocenters. The first kappa shape index (κ1) is 19.6. The van der Waals surface area contributed by atoms with Crippen molar-refractivity contribution in [2.75, 3.05) is 13.2 Å². The van der Waals surface area contributed by atoms with Crippen molar-refractivity contribution in [3.05, 3.63) is 71.8 Å². The van der Waals surface area contributed by atoms with E-state index in [9.17, 15) is 0 Å². The maximum atomic E-state index is 8.36. The van der Waals surface area contributed by atoms with Crippen LogP contribution in [0.1, 0.15) is 18.1 Å². The summed E-state index contributed by atoms with van der Waals surface area (Å²) in [5, 5.41) is 9.41. The Balaban J connectivity index is 0.000000706. The molecule has 144 valence electrons. The average Bonchev–Trinajstić information content (AvgIpc) is 2.68. The Morgan fingerprint density at radius 2 is 1.79 bits per heavy atom. The highest BCUT2D eigenvalue weighted by atomic mass is 16.5. The molecular weight excluding hydrogens is 352 g/mol. The Morgan fingerprint density at radius 3 is 2.54 bits per heavy atom. The van der Waals surface area contributed by atoms with Gasteiger partial charge < -0.3 is 15.6 Å². The van der Waals surface area contributed by atoms with Gasteiger partial charge in [-0.3, -0.25) is 9.79 Å². The summed E-state index contributed by atoms with van der Waals surface area (Å²) in [6.45, 7) is 4.91. The number of ether oxygens (including phenoxy) is 1. The number of nitrogens with zero attached hydrogens (tertiary/aromatic N) is 1. The highest BCUT2D eigenvalue weighted by Gasteiger charge is 2.30. The Hall–Kier alpha value is -3.18. The minimum atomic E-state index is -0.425.